The van der Waals surface area contributed by atoms with Crippen LogP contribution in [-0.4, -0.2) is 26.3 Å². The van der Waals surface area contributed by atoms with Crippen LogP contribution in [-0.2, 0) is 4.74 Å². The van der Waals surface area contributed by atoms with Gasteiger partial charge >= 0.3 is 0 Å². The number of nitrogens with one attached hydrogen (secondary N) is 2. The van der Waals surface area contributed by atoms with Crippen LogP contribution in [0.25, 0.3) is 0 Å². The normalized spacial score (nSPS) is 28.3. The fraction of sp³-hybridized carbons (Fsp3) is 1.00. The molecule has 1 aliphatic heterocycles. The molecule has 3 nitrogen and oxygen atoms in total. The lowest BCUT2D eigenvalue weighted by atomic mass is 10.1. The number of ether oxygens (including phenoxy) is 1. The van der Waals surface area contributed by atoms with Gasteiger partial charge in [-0.15, -0.1) is 0 Å². The van der Waals surface area contributed by atoms with Crippen LogP contribution in [0.1, 0.15) is 12.8 Å². The van der Waals surface area contributed by atoms with Crippen molar-refractivity contribution in [2.24, 2.45) is 0 Å². The monoisotopic (exact) mass is 130 g/mol. The van der Waals surface area contributed by atoms with Crippen LogP contribution in [0.4, 0.5) is 0 Å². The van der Waals surface area contributed by atoms with Gasteiger partial charge in [-0.25, -0.2) is 0 Å². The first kappa shape index (κ1) is 6.99. The molecule has 0 saturated carbocycles. The van der Waals surface area contributed by atoms with Gasteiger partial charge in [0.15, 0.2) is 0 Å². The van der Waals surface area contributed by atoms with Crippen molar-refractivity contribution >= 4 is 0 Å². The Labute approximate surface area is 55.7 Å². The SMILES string of the molecule is CNNC1CCCOC1. The highest BCUT2D eigenvalue weighted by atomic mass is 16.5. The maximum atomic E-state index is 5.23. The third kappa shape index (κ3) is 2.30. The molecule has 1 aliphatic rings. The predicted molar refractivity (Wildman–Crippen MR) is 36.0 cm³/mol. The molecule has 1 saturated heterocycles. The van der Waals surface area contributed by atoms with Gasteiger partial charge in [0.1, 0.15) is 0 Å². The number of hydrogen-bond donors (Lipinski definition) is 2. The third-order valence-corrected chi connectivity index (χ3v) is 1.51. The zero-order valence-electron chi connectivity index (χ0n) is 5.81. The fourth-order valence-corrected chi connectivity index (χ4v) is 1.06. The fourth-order valence-electron chi connectivity index (χ4n) is 1.06. The van der Waals surface area contributed by atoms with Crippen LogP contribution >= 0.6 is 0 Å². The second-order valence-electron chi connectivity index (χ2n) is 2.31. The first-order chi connectivity index (χ1) is 4.43. The van der Waals surface area contributed by atoms with Crippen molar-refractivity contribution in [3.63, 3.8) is 0 Å². The highest BCUT2D eigenvalue weighted by molar-refractivity contribution is 4.66. The zero-order chi connectivity index (χ0) is 6.53. The van der Waals surface area contributed by atoms with Crippen LogP contribution in [0.3, 0.4) is 0 Å². The van der Waals surface area contributed by atoms with E-state index in [1.807, 2.05) is 7.05 Å². The Hall–Kier alpha value is -0.120. The average Bonchev–Trinajstić information content (AvgIpc) is 1.91. The first-order valence-electron chi connectivity index (χ1n) is 3.43. The highest BCUT2D eigenvalue weighted by Gasteiger charge is 2.11. The van der Waals surface area contributed by atoms with Crippen molar-refractivity contribution in [2.45, 2.75) is 18.9 Å². The van der Waals surface area contributed by atoms with E-state index in [1.54, 1.807) is 0 Å². The molecule has 54 valence electrons. The Morgan fingerprint density at radius 1 is 1.56 bits per heavy atom. The summed E-state index contributed by atoms with van der Waals surface area (Å²) >= 11 is 0. The van der Waals surface area contributed by atoms with Gasteiger partial charge in [0.2, 0.25) is 0 Å². The van der Waals surface area contributed by atoms with Gasteiger partial charge in [0.05, 0.1) is 6.61 Å². The Kier molecular flexibility index (Phi) is 2.97. The minimum atomic E-state index is 0.517. The summed E-state index contributed by atoms with van der Waals surface area (Å²) in [4.78, 5) is 0. The summed E-state index contributed by atoms with van der Waals surface area (Å²) in [5, 5.41) is 0. The molecule has 0 aromatic carbocycles. The molecule has 1 rings (SSSR count). The van der Waals surface area contributed by atoms with Crippen molar-refractivity contribution in [2.75, 3.05) is 20.3 Å². The number of rotatable bonds is 2. The molecule has 1 unspecified atom stereocenters. The van der Waals surface area contributed by atoms with E-state index >= 15 is 0 Å². The maximum absolute atomic E-state index is 5.23. The molecule has 3 heteroatoms. The largest absolute Gasteiger partial charge is 0.380 e. The molecule has 1 heterocycles. The van der Waals surface area contributed by atoms with Gasteiger partial charge in [-0.2, -0.15) is 0 Å². The first-order valence-corrected chi connectivity index (χ1v) is 3.43. The molecule has 1 atom stereocenters. The number of hydrazine groups is 1. The van der Waals surface area contributed by atoms with Crippen molar-refractivity contribution in [3.05, 3.63) is 0 Å². The van der Waals surface area contributed by atoms with Crippen molar-refractivity contribution in [1.82, 2.24) is 10.9 Å². The molecule has 0 aromatic heterocycles. The maximum Gasteiger partial charge on any atom is 0.0633 e. The van der Waals surface area contributed by atoms with Gasteiger partial charge in [0.25, 0.3) is 0 Å². The summed E-state index contributed by atoms with van der Waals surface area (Å²) in [5.41, 5.74) is 6.02. The molecule has 0 bridgehead atoms. The second-order valence-corrected chi connectivity index (χ2v) is 2.31. The van der Waals surface area contributed by atoms with E-state index in [0.29, 0.717) is 6.04 Å². The van der Waals surface area contributed by atoms with E-state index in [4.69, 9.17) is 4.74 Å². The van der Waals surface area contributed by atoms with E-state index in [9.17, 15) is 0 Å². The zero-order valence-corrected chi connectivity index (χ0v) is 5.81. The molecule has 2 N–H and O–H groups in total. The second kappa shape index (κ2) is 3.82. The lowest BCUT2D eigenvalue weighted by molar-refractivity contribution is 0.0666. The van der Waals surface area contributed by atoms with E-state index in [-0.39, 0.29) is 0 Å². The molecule has 1 fully saturated rings. The van der Waals surface area contributed by atoms with E-state index < -0.39 is 0 Å². The summed E-state index contributed by atoms with van der Waals surface area (Å²) in [6.45, 7) is 1.78. The van der Waals surface area contributed by atoms with Gasteiger partial charge in [0, 0.05) is 12.6 Å². The van der Waals surface area contributed by atoms with Gasteiger partial charge < -0.3 is 4.74 Å². The Balaban J connectivity index is 2.08. The topological polar surface area (TPSA) is 33.3 Å². The van der Waals surface area contributed by atoms with Crippen LogP contribution in [0.5, 0.6) is 0 Å². The summed E-state index contributed by atoms with van der Waals surface area (Å²) in [6.07, 6.45) is 2.40. The van der Waals surface area contributed by atoms with Gasteiger partial charge in [-0.05, 0) is 19.9 Å². The minimum absolute atomic E-state index is 0.517. The van der Waals surface area contributed by atoms with Crippen molar-refractivity contribution in [1.29, 1.82) is 0 Å². The smallest absolute Gasteiger partial charge is 0.0633 e. The van der Waals surface area contributed by atoms with Crippen LogP contribution < -0.4 is 10.9 Å². The Bertz CT molecular complexity index is 68.7. The molecule has 0 amide bonds. The molecule has 0 aromatic rings. The van der Waals surface area contributed by atoms with E-state index in [0.717, 1.165) is 13.2 Å². The number of hydrogen-bond acceptors (Lipinski definition) is 3. The van der Waals surface area contributed by atoms with Crippen LogP contribution in [0.2, 0.25) is 0 Å². The van der Waals surface area contributed by atoms with Gasteiger partial charge in [-0.3, -0.25) is 10.9 Å². The molecular formula is C6H14N2O. The summed E-state index contributed by atoms with van der Waals surface area (Å²) in [7, 11) is 1.88. The standard InChI is InChI=1S/C6H14N2O/c1-7-8-6-3-2-4-9-5-6/h6-8H,2-5H2,1H3. The highest BCUT2D eigenvalue weighted by Crippen LogP contribution is 2.03. The van der Waals surface area contributed by atoms with Crippen molar-refractivity contribution in [3.8, 4) is 0 Å². The predicted octanol–water partition coefficient (Wildman–Crippen LogP) is -0.111. The molecule has 0 aliphatic carbocycles. The Morgan fingerprint density at radius 3 is 3.00 bits per heavy atom. The summed E-state index contributed by atoms with van der Waals surface area (Å²) < 4.78 is 5.23. The lowest BCUT2D eigenvalue weighted by Gasteiger charge is -2.22. The van der Waals surface area contributed by atoms with Crippen LogP contribution in [0.15, 0.2) is 0 Å². The molecule has 9 heavy (non-hydrogen) atoms. The average molecular weight is 130 g/mol. The molecule has 0 spiro atoms. The molecule has 0 radical (unpaired) electrons. The van der Waals surface area contributed by atoms with E-state index in [2.05, 4.69) is 10.9 Å². The summed E-state index contributed by atoms with van der Waals surface area (Å²) in [6, 6.07) is 0.517. The van der Waals surface area contributed by atoms with Crippen LogP contribution in [0, 0.1) is 0 Å². The van der Waals surface area contributed by atoms with E-state index in [1.165, 1.54) is 12.8 Å². The quantitative estimate of drug-likeness (QED) is 0.512. The van der Waals surface area contributed by atoms with Gasteiger partial charge in [-0.1, -0.05) is 0 Å². The lowest BCUT2D eigenvalue weighted by Crippen LogP contribution is -2.43. The molecular weight excluding hydrogens is 116 g/mol. The minimum Gasteiger partial charge on any atom is -0.380 e. The Morgan fingerprint density at radius 2 is 2.44 bits per heavy atom. The van der Waals surface area contributed by atoms with Crippen molar-refractivity contribution < 1.29 is 4.74 Å². The third-order valence-electron chi connectivity index (χ3n) is 1.51. The summed E-state index contributed by atoms with van der Waals surface area (Å²) in [5.74, 6) is 0.